The van der Waals surface area contributed by atoms with Gasteiger partial charge in [0.05, 0.1) is 0 Å². The fourth-order valence-corrected chi connectivity index (χ4v) is 3.60. The van der Waals surface area contributed by atoms with Crippen LogP contribution in [-0.4, -0.2) is 37.3 Å². The number of methoxy groups -OCH3 is 1. The van der Waals surface area contributed by atoms with Gasteiger partial charge >= 0.3 is 0 Å². The Morgan fingerprint density at radius 3 is 3.00 bits per heavy atom. The molecule has 0 aliphatic heterocycles. The van der Waals surface area contributed by atoms with Crippen molar-refractivity contribution in [2.24, 2.45) is 0 Å². The molecule has 0 aromatic carbocycles. The molecular weight excluding hydrogens is 218 g/mol. The third-order valence-corrected chi connectivity index (χ3v) is 4.58. The Labute approximate surface area is 105 Å². The average molecular weight is 245 g/mol. The number of ether oxygens (including phenoxy) is 1. The Morgan fingerprint density at radius 2 is 2.25 bits per heavy atom. The topological polar surface area (TPSA) is 21.3 Å². The lowest BCUT2D eigenvalue weighted by Crippen LogP contribution is -2.35. The summed E-state index contributed by atoms with van der Waals surface area (Å²) in [6.07, 6.45) is 8.03. The summed E-state index contributed by atoms with van der Waals surface area (Å²) in [6.45, 7) is 4.34. The van der Waals surface area contributed by atoms with Crippen molar-refractivity contribution in [1.82, 2.24) is 5.32 Å². The Hall–Kier alpha value is 0.270. The molecule has 0 spiro atoms. The molecule has 2 atom stereocenters. The van der Waals surface area contributed by atoms with Gasteiger partial charge in [-0.2, -0.15) is 11.8 Å². The first-order chi connectivity index (χ1) is 7.86. The molecular formula is C13H27NOS. The van der Waals surface area contributed by atoms with Crippen molar-refractivity contribution in [3.8, 4) is 0 Å². The van der Waals surface area contributed by atoms with Gasteiger partial charge in [0, 0.05) is 25.0 Å². The molecule has 2 unspecified atom stereocenters. The number of thioether (sulfide) groups is 1. The maximum atomic E-state index is 5.08. The molecule has 1 N–H and O–H groups in total. The minimum absolute atomic E-state index is 0.786. The number of hydrogen-bond acceptors (Lipinski definition) is 3. The van der Waals surface area contributed by atoms with Gasteiger partial charge in [0.1, 0.15) is 0 Å². The van der Waals surface area contributed by atoms with Crippen molar-refractivity contribution < 1.29 is 4.74 Å². The molecule has 96 valence electrons. The molecule has 1 aliphatic carbocycles. The lowest BCUT2D eigenvalue weighted by molar-refractivity contribution is 0.200. The third-order valence-electron chi connectivity index (χ3n) is 3.16. The molecule has 0 heterocycles. The first-order valence-corrected chi connectivity index (χ1v) is 7.75. The van der Waals surface area contributed by atoms with Gasteiger partial charge in [0.25, 0.3) is 0 Å². The normalized spacial score (nSPS) is 25.9. The van der Waals surface area contributed by atoms with Crippen molar-refractivity contribution >= 4 is 11.8 Å². The molecule has 2 nitrogen and oxygen atoms in total. The zero-order chi connectivity index (χ0) is 11.6. The highest BCUT2D eigenvalue weighted by Gasteiger charge is 2.21. The van der Waals surface area contributed by atoms with Crippen LogP contribution < -0.4 is 5.32 Å². The van der Waals surface area contributed by atoms with Crippen LogP contribution in [-0.2, 0) is 4.74 Å². The fourth-order valence-electron chi connectivity index (χ4n) is 2.28. The minimum atomic E-state index is 0.786. The van der Waals surface area contributed by atoms with E-state index in [-0.39, 0.29) is 0 Å². The summed E-state index contributed by atoms with van der Waals surface area (Å²) in [5, 5.41) is 4.55. The van der Waals surface area contributed by atoms with Gasteiger partial charge in [-0.3, -0.25) is 0 Å². The summed E-state index contributed by atoms with van der Waals surface area (Å²) in [6, 6.07) is 0.786. The Balaban J connectivity index is 2.07. The van der Waals surface area contributed by atoms with Crippen LogP contribution in [0.4, 0.5) is 0 Å². The second-order valence-corrected chi connectivity index (χ2v) is 6.07. The average Bonchev–Trinajstić information content (AvgIpc) is 2.33. The van der Waals surface area contributed by atoms with Gasteiger partial charge in [0.15, 0.2) is 0 Å². The molecule has 0 amide bonds. The van der Waals surface area contributed by atoms with E-state index in [4.69, 9.17) is 4.74 Å². The first-order valence-electron chi connectivity index (χ1n) is 6.70. The molecule has 3 heteroatoms. The molecule has 1 rings (SSSR count). The van der Waals surface area contributed by atoms with Crippen LogP contribution >= 0.6 is 11.8 Å². The molecule has 0 radical (unpaired) electrons. The maximum Gasteiger partial charge on any atom is 0.0470 e. The van der Waals surface area contributed by atoms with E-state index in [1.807, 2.05) is 0 Å². The fraction of sp³-hybridized carbons (Fsp3) is 1.00. The van der Waals surface area contributed by atoms with E-state index in [9.17, 15) is 0 Å². The van der Waals surface area contributed by atoms with Crippen molar-refractivity contribution in [2.75, 3.05) is 26.0 Å². The van der Waals surface area contributed by atoms with Gasteiger partial charge in [-0.15, -0.1) is 0 Å². The van der Waals surface area contributed by atoms with Gasteiger partial charge < -0.3 is 10.1 Å². The van der Waals surface area contributed by atoms with Crippen LogP contribution in [0.1, 0.15) is 45.4 Å². The van der Waals surface area contributed by atoms with Crippen molar-refractivity contribution in [1.29, 1.82) is 0 Å². The largest absolute Gasteiger partial charge is 0.385 e. The molecule has 1 fully saturated rings. The quantitative estimate of drug-likeness (QED) is 0.664. The third kappa shape index (κ3) is 6.12. The number of hydrogen-bond donors (Lipinski definition) is 1. The molecule has 0 aromatic rings. The van der Waals surface area contributed by atoms with E-state index < -0.39 is 0 Å². The van der Waals surface area contributed by atoms with Crippen LogP contribution in [0.2, 0.25) is 0 Å². The van der Waals surface area contributed by atoms with Crippen molar-refractivity contribution in [2.45, 2.75) is 56.7 Å². The Morgan fingerprint density at radius 1 is 1.38 bits per heavy atom. The monoisotopic (exact) mass is 245 g/mol. The molecule has 0 saturated heterocycles. The van der Waals surface area contributed by atoms with Gasteiger partial charge in [0.2, 0.25) is 0 Å². The SMILES string of the molecule is CCCNC1CCCC(SCCCOC)C1. The minimum Gasteiger partial charge on any atom is -0.385 e. The number of rotatable bonds is 8. The van der Waals surface area contributed by atoms with E-state index in [0.717, 1.165) is 17.9 Å². The predicted molar refractivity (Wildman–Crippen MR) is 73.3 cm³/mol. The second-order valence-electron chi connectivity index (χ2n) is 4.66. The summed E-state index contributed by atoms with van der Waals surface area (Å²) in [7, 11) is 1.79. The van der Waals surface area contributed by atoms with E-state index in [1.54, 1.807) is 7.11 Å². The first kappa shape index (κ1) is 14.3. The molecule has 1 saturated carbocycles. The van der Waals surface area contributed by atoms with Crippen molar-refractivity contribution in [3.05, 3.63) is 0 Å². The summed E-state index contributed by atoms with van der Waals surface area (Å²) >= 11 is 2.15. The standard InChI is InChI=1S/C13H27NOS/c1-3-8-14-12-6-4-7-13(11-12)16-10-5-9-15-2/h12-14H,3-11H2,1-2H3. The maximum absolute atomic E-state index is 5.08. The summed E-state index contributed by atoms with van der Waals surface area (Å²) in [4.78, 5) is 0. The number of nitrogens with one attached hydrogen (secondary N) is 1. The second kappa shape index (κ2) is 9.32. The zero-order valence-electron chi connectivity index (χ0n) is 10.8. The van der Waals surface area contributed by atoms with Crippen LogP contribution in [0.25, 0.3) is 0 Å². The van der Waals surface area contributed by atoms with Crippen LogP contribution in [0.15, 0.2) is 0 Å². The van der Waals surface area contributed by atoms with Gasteiger partial charge in [-0.1, -0.05) is 13.3 Å². The highest BCUT2D eigenvalue weighted by molar-refractivity contribution is 7.99. The highest BCUT2D eigenvalue weighted by Crippen LogP contribution is 2.28. The molecule has 0 aromatic heterocycles. The molecule has 1 aliphatic rings. The van der Waals surface area contributed by atoms with Crippen molar-refractivity contribution in [3.63, 3.8) is 0 Å². The molecule has 0 bridgehead atoms. The van der Waals surface area contributed by atoms with E-state index >= 15 is 0 Å². The Bertz CT molecular complexity index is 166. The van der Waals surface area contributed by atoms with Crippen LogP contribution in [0.3, 0.4) is 0 Å². The van der Waals surface area contributed by atoms with E-state index in [2.05, 4.69) is 24.0 Å². The molecule has 16 heavy (non-hydrogen) atoms. The summed E-state index contributed by atoms with van der Waals surface area (Å²) in [5.41, 5.74) is 0. The van der Waals surface area contributed by atoms with Gasteiger partial charge in [-0.25, -0.2) is 0 Å². The smallest absolute Gasteiger partial charge is 0.0470 e. The van der Waals surface area contributed by atoms with Gasteiger partial charge in [-0.05, 0) is 44.4 Å². The van der Waals surface area contributed by atoms with Crippen LogP contribution in [0.5, 0.6) is 0 Å². The van der Waals surface area contributed by atoms with E-state index in [0.29, 0.717) is 0 Å². The lowest BCUT2D eigenvalue weighted by Gasteiger charge is -2.29. The lowest BCUT2D eigenvalue weighted by atomic mass is 9.95. The summed E-state index contributed by atoms with van der Waals surface area (Å²) in [5.74, 6) is 1.26. The van der Waals surface area contributed by atoms with E-state index in [1.165, 1.54) is 50.8 Å². The highest BCUT2D eigenvalue weighted by atomic mass is 32.2. The Kier molecular flexibility index (Phi) is 8.34. The summed E-state index contributed by atoms with van der Waals surface area (Å²) < 4.78 is 5.08. The zero-order valence-corrected chi connectivity index (χ0v) is 11.7. The van der Waals surface area contributed by atoms with Crippen LogP contribution in [0, 0.1) is 0 Å². The predicted octanol–water partition coefficient (Wildman–Crippen LogP) is 3.07.